The number of hydrogen-bond donors (Lipinski definition) is 1. The topological polar surface area (TPSA) is 35.2 Å². The Morgan fingerprint density at radius 3 is 1.88 bits per heavy atom. The van der Waals surface area contributed by atoms with Crippen molar-refractivity contribution in [3.05, 3.63) is 29.8 Å². The van der Waals surface area contributed by atoms with E-state index in [9.17, 15) is 0 Å². The van der Waals surface area contributed by atoms with Gasteiger partial charge in [0.2, 0.25) is 0 Å². The Morgan fingerprint density at radius 1 is 1.00 bits per heavy atom. The molecular weight excluding hydrogens is 198 g/mol. The van der Waals surface area contributed by atoms with Crippen molar-refractivity contribution in [3.63, 3.8) is 0 Å². The summed E-state index contributed by atoms with van der Waals surface area (Å²) in [6.45, 7) is 11.1. The first-order valence-electron chi connectivity index (χ1n) is 5.74. The van der Waals surface area contributed by atoms with Crippen LogP contribution in [0, 0.1) is 0 Å². The van der Waals surface area contributed by atoms with E-state index < -0.39 is 0 Å². The molecule has 90 valence electrons. The first-order chi connectivity index (χ1) is 7.24. The first-order valence-corrected chi connectivity index (χ1v) is 5.74. The number of ether oxygens (including phenoxy) is 1. The van der Waals surface area contributed by atoms with Gasteiger partial charge >= 0.3 is 0 Å². The van der Waals surface area contributed by atoms with E-state index in [1.165, 1.54) is 5.56 Å². The van der Waals surface area contributed by atoms with Gasteiger partial charge in [0.05, 0.1) is 0 Å². The molecule has 0 radical (unpaired) electrons. The summed E-state index contributed by atoms with van der Waals surface area (Å²) >= 11 is 0. The highest BCUT2D eigenvalue weighted by atomic mass is 16.5. The maximum atomic E-state index is 5.77. The fourth-order valence-electron chi connectivity index (χ4n) is 1.45. The fraction of sp³-hybridized carbons (Fsp3) is 0.571. The van der Waals surface area contributed by atoms with E-state index in [4.69, 9.17) is 10.5 Å². The molecule has 0 atom stereocenters. The van der Waals surface area contributed by atoms with Crippen LogP contribution >= 0.6 is 0 Å². The summed E-state index contributed by atoms with van der Waals surface area (Å²) in [5.41, 5.74) is 6.87. The number of hydrogen-bond acceptors (Lipinski definition) is 2. The number of benzene rings is 1. The Morgan fingerprint density at radius 2 is 1.50 bits per heavy atom. The summed E-state index contributed by atoms with van der Waals surface area (Å²) in [5.74, 6) is 0.907. The Labute approximate surface area is 98.8 Å². The van der Waals surface area contributed by atoms with Gasteiger partial charge < -0.3 is 10.5 Å². The molecule has 1 rings (SSSR count). The van der Waals surface area contributed by atoms with Gasteiger partial charge in [0.1, 0.15) is 11.4 Å². The molecule has 0 bridgehead atoms. The summed E-state index contributed by atoms with van der Waals surface area (Å²) in [7, 11) is 0. The maximum absolute atomic E-state index is 5.77. The average Bonchev–Trinajstić information content (AvgIpc) is 2.16. The van der Waals surface area contributed by atoms with E-state index in [1.54, 1.807) is 0 Å². The monoisotopic (exact) mass is 221 g/mol. The molecule has 0 unspecified atom stereocenters. The molecule has 0 aliphatic rings. The lowest BCUT2D eigenvalue weighted by Crippen LogP contribution is -2.28. The van der Waals surface area contributed by atoms with Crippen molar-refractivity contribution in [2.75, 3.05) is 6.54 Å². The molecule has 0 fully saturated rings. The maximum Gasteiger partial charge on any atom is 0.120 e. The van der Waals surface area contributed by atoms with Gasteiger partial charge in [-0.15, -0.1) is 0 Å². The van der Waals surface area contributed by atoms with Crippen molar-refractivity contribution in [1.82, 2.24) is 0 Å². The largest absolute Gasteiger partial charge is 0.488 e. The normalized spacial score (nSPS) is 12.6. The summed E-state index contributed by atoms with van der Waals surface area (Å²) in [5, 5.41) is 0. The second-order valence-electron chi connectivity index (χ2n) is 5.83. The van der Waals surface area contributed by atoms with Gasteiger partial charge in [-0.2, -0.15) is 0 Å². The Kier molecular flexibility index (Phi) is 3.64. The zero-order valence-electron chi connectivity index (χ0n) is 11.0. The molecule has 1 aromatic rings. The van der Waals surface area contributed by atoms with Crippen LogP contribution in [0.4, 0.5) is 0 Å². The molecule has 0 saturated heterocycles. The van der Waals surface area contributed by atoms with Crippen molar-refractivity contribution in [1.29, 1.82) is 0 Å². The highest BCUT2D eigenvalue weighted by Crippen LogP contribution is 2.25. The predicted molar refractivity (Wildman–Crippen MR) is 68.9 cm³/mol. The summed E-state index contributed by atoms with van der Waals surface area (Å²) in [6, 6.07) is 8.21. The van der Waals surface area contributed by atoms with Crippen LogP contribution in [-0.2, 0) is 5.41 Å². The summed E-state index contributed by atoms with van der Waals surface area (Å²) in [6.07, 6.45) is 0. The van der Waals surface area contributed by atoms with Crippen LogP contribution in [0.25, 0.3) is 0 Å². The van der Waals surface area contributed by atoms with E-state index in [-0.39, 0.29) is 11.0 Å². The minimum Gasteiger partial charge on any atom is -0.488 e. The molecule has 0 aliphatic heterocycles. The van der Waals surface area contributed by atoms with E-state index in [0.717, 1.165) is 5.75 Å². The van der Waals surface area contributed by atoms with Gasteiger partial charge in [-0.05, 0) is 38.5 Å². The zero-order valence-corrected chi connectivity index (χ0v) is 11.0. The van der Waals surface area contributed by atoms with Crippen LogP contribution in [0.2, 0.25) is 0 Å². The van der Waals surface area contributed by atoms with Crippen LogP contribution in [0.3, 0.4) is 0 Å². The number of nitrogens with two attached hydrogens (primary N) is 1. The second kappa shape index (κ2) is 4.46. The molecule has 0 spiro atoms. The van der Waals surface area contributed by atoms with Crippen molar-refractivity contribution in [2.45, 2.75) is 45.6 Å². The molecular formula is C14H23NO. The van der Waals surface area contributed by atoms with Gasteiger partial charge in [-0.25, -0.2) is 0 Å². The molecule has 0 heterocycles. The van der Waals surface area contributed by atoms with Crippen LogP contribution in [0.15, 0.2) is 24.3 Å². The molecule has 0 amide bonds. The van der Waals surface area contributed by atoms with Gasteiger partial charge in [-0.3, -0.25) is 0 Å². The fourth-order valence-corrected chi connectivity index (χ4v) is 1.45. The molecule has 2 nitrogen and oxygen atoms in total. The average molecular weight is 221 g/mol. The van der Waals surface area contributed by atoms with Gasteiger partial charge in [0.25, 0.3) is 0 Å². The molecule has 0 saturated carbocycles. The Bertz CT molecular complexity index is 333. The van der Waals surface area contributed by atoms with Gasteiger partial charge in [-0.1, -0.05) is 26.0 Å². The molecule has 1 aromatic carbocycles. The van der Waals surface area contributed by atoms with E-state index in [0.29, 0.717) is 6.54 Å². The SMILES string of the molecule is CC(C)(C)Oc1ccc(C(C)(C)CN)cc1. The molecule has 2 N–H and O–H groups in total. The van der Waals surface area contributed by atoms with E-state index in [2.05, 4.69) is 26.0 Å². The van der Waals surface area contributed by atoms with Crippen LogP contribution < -0.4 is 10.5 Å². The molecule has 16 heavy (non-hydrogen) atoms. The third-order valence-corrected chi connectivity index (χ3v) is 2.57. The minimum absolute atomic E-state index is 0.0280. The lowest BCUT2D eigenvalue weighted by molar-refractivity contribution is 0.131. The second-order valence-corrected chi connectivity index (χ2v) is 5.83. The lowest BCUT2D eigenvalue weighted by atomic mass is 9.85. The standard InChI is InChI=1S/C14H23NO/c1-13(2,3)16-12-8-6-11(7-9-12)14(4,5)10-15/h6-9H,10,15H2,1-5H3. The van der Waals surface area contributed by atoms with Crippen molar-refractivity contribution in [3.8, 4) is 5.75 Å². The quantitative estimate of drug-likeness (QED) is 0.851. The molecule has 2 heteroatoms. The highest BCUT2D eigenvalue weighted by Gasteiger charge is 2.18. The highest BCUT2D eigenvalue weighted by molar-refractivity contribution is 5.32. The van der Waals surface area contributed by atoms with Crippen LogP contribution in [0.1, 0.15) is 40.2 Å². The van der Waals surface area contributed by atoms with Gasteiger partial charge in [0.15, 0.2) is 0 Å². The minimum atomic E-state index is -0.148. The van der Waals surface area contributed by atoms with E-state index >= 15 is 0 Å². The smallest absolute Gasteiger partial charge is 0.120 e. The molecule has 0 aliphatic carbocycles. The summed E-state index contributed by atoms with van der Waals surface area (Å²) < 4.78 is 5.77. The van der Waals surface area contributed by atoms with Gasteiger partial charge in [0, 0.05) is 12.0 Å². The van der Waals surface area contributed by atoms with Crippen molar-refractivity contribution in [2.24, 2.45) is 5.73 Å². The Balaban J connectivity index is 2.84. The number of rotatable bonds is 3. The molecule has 0 aromatic heterocycles. The van der Waals surface area contributed by atoms with Crippen molar-refractivity contribution >= 4 is 0 Å². The third kappa shape index (κ3) is 3.53. The van der Waals surface area contributed by atoms with E-state index in [1.807, 2.05) is 32.9 Å². The van der Waals surface area contributed by atoms with Crippen LogP contribution in [0.5, 0.6) is 5.75 Å². The predicted octanol–water partition coefficient (Wildman–Crippen LogP) is 3.10. The Hall–Kier alpha value is -1.02. The van der Waals surface area contributed by atoms with Crippen LogP contribution in [-0.4, -0.2) is 12.1 Å². The first kappa shape index (κ1) is 13.0. The van der Waals surface area contributed by atoms with Crippen molar-refractivity contribution < 1.29 is 4.74 Å². The zero-order chi connectivity index (χ0) is 12.4. The third-order valence-electron chi connectivity index (χ3n) is 2.57. The lowest BCUT2D eigenvalue weighted by Gasteiger charge is -2.25. The summed E-state index contributed by atoms with van der Waals surface area (Å²) in [4.78, 5) is 0.